The monoisotopic (exact) mass is 440 g/mol. The Balaban J connectivity index is 1.60. The summed E-state index contributed by atoms with van der Waals surface area (Å²) in [4.78, 5) is 16.0. The van der Waals surface area contributed by atoms with E-state index in [1.165, 1.54) is 13.1 Å². The highest BCUT2D eigenvalue weighted by molar-refractivity contribution is 5.93. The highest BCUT2D eigenvalue weighted by Crippen LogP contribution is 2.33. The zero-order chi connectivity index (χ0) is 22.3. The molecular formula is C19H17F5N6O. The maximum atomic E-state index is 13.0. The number of pyridine rings is 1. The molecule has 1 N–H and O–H groups in total. The number of carbonyl (C=O) groups is 1. The van der Waals surface area contributed by atoms with Gasteiger partial charge in [-0.1, -0.05) is 0 Å². The Labute approximate surface area is 172 Å². The number of aromatic nitrogens is 5. The molecule has 12 heteroatoms. The molecule has 1 atom stereocenters. The average molecular weight is 440 g/mol. The van der Waals surface area contributed by atoms with Gasteiger partial charge in [0.2, 0.25) is 0 Å². The minimum atomic E-state index is -4.58. The molecule has 4 heterocycles. The van der Waals surface area contributed by atoms with Gasteiger partial charge in [-0.25, -0.2) is 8.78 Å². The largest absolute Gasteiger partial charge is 0.433 e. The predicted octanol–water partition coefficient (Wildman–Crippen LogP) is 3.90. The van der Waals surface area contributed by atoms with E-state index in [2.05, 4.69) is 20.5 Å². The molecular weight excluding hydrogens is 423 g/mol. The van der Waals surface area contributed by atoms with Crippen molar-refractivity contribution >= 4 is 5.91 Å². The summed E-state index contributed by atoms with van der Waals surface area (Å²) in [6.07, 6.45) is -5.06. The van der Waals surface area contributed by atoms with Gasteiger partial charge in [0, 0.05) is 25.4 Å². The Bertz CT molecular complexity index is 1120. The SMILES string of the molecule is Cn1nc(C(F)F)cc1C(=O)NC1CCCn2nc(-c3ccnc(C(F)(F)F)c3)cc21. The summed E-state index contributed by atoms with van der Waals surface area (Å²) in [5.41, 5.74) is -0.340. The number of nitrogens with zero attached hydrogens (tertiary/aromatic N) is 5. The van der Waals surface area contributed by atoms with E-state index in [1.807, 2.05) is 0 Å². The van der Waals surface area contributed by atoms with Gasteiger partial charge in [0.1, 0.15) is 17.1 Å². The zero-order valence-electron chi connectivity index (χ0n) is 16.2. The van der Waals surface area contributed by atoms with E-state index in [1.54, 1.807) is 10.7 Å². The normalized spacial score (nSPS) is 16.4. The zero-order valence-corrected chi connectivity index (χ0v) is 16.2. The van der Waals surface area contributed by atoms with Crippen molar-refractivity contribution in [2.75, 3.05) is 0 Å². The molecule has 1 unspecified atom stereocenters. The molecule has 1 aliphatic heterocycles. The van der Waals surface area contributed by atoms with E-state index in [0.717, 1.165) is 23.0 Å². The first-order chi connectivity index (χ1) is 14.6. The molecule has 4 rings (SSSR count). The molecule has 0 spiro atoms. The van der Waals surface area contributed by atoms with Crippen LogP contribution in [0.3, 0.4) is 0 Å². The summed E-state index contributed by atoms with van der Waals surface area (Å²) in [5, 5.41) is 10.8. The number of alkyl halides is 5. The van der Waals surface area contributed by atoms with Crippen LogP contribution in [0.2, 0.25) is 0 Å². The summed E-state index contributed by atoms with van der Waals surface area (Å²) < 4.78 is 67.3. The van der Waals surface area contributed by atoms with Gasteiger partial charge in [-0.2, -0.15) is 23.4 Å². The lowest BCUT2D eigenvalue weighted by Crippen LogP contribution is -2.33. The van der Waals surface area contributed by atoms with Crippen molar-refractivity contribution in [1.29, 1.82) is 0 Å². The maximum Gasteiger partial charge on any atom is 0.433 e. The van der Waals surface area contributed by atoms with E-state index in [0.29, 0.717) is 30.8 Å². The van der Waals surface area contributed by atoms with Crippen molar-refractivity contribution in [3.8, 4) is 11.3 Å². The molecule has 0 fully saturated rings. The predicted molar refractivity (Wildman–Crippen MR) is 98.1 cm³/mol. The average Bonchev–Trinajstić information content (AvgIpc) is 3.32. The molecule has 1 aliphatic rings. The summed E-state index contributed by atoms with van der Waals surface area (Å²) in [6, 6.07) is 4.52. The van der Waals surface area contributed by atoms with Crippen LogP contribution in [0.4, 0.5) is 22.0 Å². The van der Waals surface area contributed by atoms with Crippen LogP contribution in [0.15, 0.2) is 30.5 Å². The summed E-state index contributed by atoms with van der Waals surface area (Å²) >= 11 is 0. The van der Waals surface area contributed by atoms with Crippen LogP contribution in [-0.2, 0) is 19.8 Å². The van der Waals surface area contributed by atoms with E-state index in [9.17, 15) is 26.7 Å². The van der Waals surface area contributed by atoms with E-state index in [-0.39, 0.29) is 11.3 Å². The molecule has 0 bridgehead atoms. The second-order valence-corrected chi connectivity index (χ2v) is 7.15. The third-order valence-electron chi connectivity index (χ3n) is 5.04. The molecule has 1 amide bonds. The number of nitrogens with one attached hydrogen (secondary N) is 1. The maximum absolute atomic E-state index is 13.0. The number of amides is 1. The van der Waals surface area contributed by atoms with Crippen molar-refractivity contribution in [2.45, 2.75) is 38.0 Å². The van der Waals surface area contributed by atoms with Crippen LogP contribution in [0, 0.1) is 0 Å². The van der Waals surface area contributed by atoms with Gasteiger partial charge in [-0.3, -0.25) is 19.1 Å². The van der Waals surface area contributed by atoms with Crippen LogP contribution in [0.25, 0.3) is 11.3 Å². The van der Waals surface area contributed by atoms with E-state index in [4.69, 9.17) is 0 Å². The second-order valence-electron chi connectivity index (χ2n) is 7.15. The van der Waals surface area contributed by atoms with Gasteiger partial charge in [0.25, 0.3) is 12.3 Å². The fourth-order valence-corrected chi connectivity index (χ4v) is 3.56. The molecule has 0 saturated heterocycles. The second kappa shape index (κ2) is 7.75. The van der Waals surface area contributed by atoms with E-state index >= 15 is 0 Å². The summed E-state index contributed by atoms with van der Waals surface area (Å²) in [5.74, 6) is -0.577. The van der Waals surface area contributed by atoms with Gasteiger partial charge in [0.15, 0.2) is 0 Å². The molecule has 3 aromatic heterocycles. The van der Waals surface area contributed by atoms with Crippen LogP contribution in [0.1, 0.15) is 52.9 Å². The highest BCUT2D eigenvalue weighted by atomic mass is 19.4. The van der Waals surface area contributed by atoms with Crippen LogP contribution in [-0.4, -0.2) is 30.5 Å². The molecule has 31 heavy (non-hydrogen) atoms. The highest BCUT2D eigenvalue weighted by Gasteiger charge is 2.33. The van der Waals surface area contributed by atoms with Crippen LogP contribution in [0.5, 0.6) is 0 Å². The van der Waals surface area contributed by atoms with Crippen LogP contribution < -0.4 is 5.32 Å². The number of rotatable bonds is 4. The fraction of sp³-hybridized carbons (Fsp3) is 0.368. The minimum absolute atomic E-state index is 0.0175. The standard InChI is InChI=1S/C19H17F5N6O/c1-29-15(9-13(27-29)17(20)21)18(31)26-11-3-2-6-30-14(11)8-12(28-30)10-4-5-25-16(7-10)19(22,23)24/h4-5,7-9,11,17H,2-3,6H2,1H3,(H,26,31). The number of fused-ring (bicyclic) bond motifs is 1. The topological polar surface area (TPSA) is 77.6 Å². The number of aryl methyl sites for hydroxylation is 2. The Morgan fingerprint density at radius 2 is 2.00 bits per heavy atom. The lowest BCUT2D eigenvalue weighted by atomic mass is 10.0. The van der Waals surface area contributed by atoms with Crippen molar-refractivity contribution in [1.82, 2.24) is 29.9 Å². The third kappa shape index (κ3) is 4.14. The summed E-state index contributed by atoms with van der Waals surface area (Å²) in [7, 11) is 1.39. The number of hydrogen-bond donors (Lipinski definition) is 1. The van der Waals surface area contributed by atoms with Crippen molar-refractivity contribution in [3.05, 3.63) is 53.2 Å². The Morgan fingerprint density at radius 3 is 2.68 bits per heavy atom. The molecule has 3 aromatic rings. The third-order valence-corrected chi connectivity index (χ3v) is 5.04. The molecule has 0 radical (unpaired) electrons. The Hall–Kier alpha value is -3.31. The van der Waals surface area contributed by atoms with Gasteiger partial charge >= 0.3 is 6.18 Å². The van der Waals surface area contributed by atoms with Gasteiger partial charge < -0.3 is 5.32 Å². The first kappa shape index (κ1) is 20.9. The summed E-state index contributed by atoms with van der Waals surface area (Å²) in [6.45, 7) is 0.542. The fourth-order valence-electron chi connectivity index (χ4n) is 3.56. The molecule has 7 nitrogen and oxygen atoms in total. The minimum Gasteiger partial charge on any atom is -0.342 e. The number of carbonyl (C=O) groups excluding carboxylic acids is 1. The quantitative estimate of drug-likeness (QED) is 0.625. The molecule has 164 valence electrons. The molecule has 0 saturated carbocycles. The van der Waals surface area contributed by atoms with Crippen LogP contribution >= 0.6 is 0 Å². The first-order valence-electron chi connectivity index (χ1n) is 9.38. The first-order valence-corrected chi connectivity index (χ1v) is 9.38. The lowest BCUT2D eigenvalue weighted by molar-refractivity contribution is -0.141. The van der Waals surface area contributed by atoms with Crippen molar-refractivity contribution < 1.29 is 26.7 Å². The smallest absolute Gasteiger partial charge is 0.342 e. The van der Waals surface area contributed by atoms with Crippen molar-refractivity contribution in [3.63, 3.8) is 0 Å². The van der Waals surface area contributed by atoms with Gasteiger partial charge in [-0.15, -0.1) is 0 Å². The van der Waals surface area contributed by atoms with Crippen molar-refractivity contribution in [2.24, 2.45) is 7.05 Å². The molecule has 0 aromatic carbocycles. The van der Waals surface area contributed by atoms with E-state index < -0.39 is 35.9 Å². The Kier molecular flexibility index (Phi) is 5.23. The molecule has 0 aliphatic carbocycles. The number of hydrogen-bond acceptors (Lipinski definition) is 4. The van der Waals surface area contributed by atoms with Gasteiger partial charge in [-0.05, 0) is 37.1 Å². The number of halogens is 5. The van der Waals surface area contributed by atoms with Gasteiger partial charge in [0.05, 0.1) is 17.4 Å². The Morgan fingerprint density at radius 1 is 1.23 bits per heavy atom. The lowest BCUT2D eigenvalue weighted by Gasteiger charge is -2.24.